The number of rotatable bonds is 6. The Labute approximate surface area is 286 Å². The summed E-state index contributed by atoms with van der Waals surface area (Å²) in [6.07, 6.45) is 0.545. The molecule has 6 aromatic rings. The molecule has 0 aliphatic carbocycles. The second-order valence-electron chi connectivity index (χ2n) is 10.7. The predicted molar refractivity (Wildman–Crippen MR) is 152 cm³/mol. The zero-order chi connectivity index (χ0) is 35.9. The molecule has 0 atom stereocenters. The summed E-state index contributed by atoms with van der Waals surface area (Å²) >= 11 is 0. The van der Waals surface area contributed by atoms with Crippen LogP contribution in [0.1, 0.15) is 34.4 Å². The van der Waals surface area contributed by atoms with Crippen molar-refractivity contribution in [3.63, 3.8) is 0 Å². The van der Waals surface area contributed by atoms with E-state index in [1.54, 1.807) is 0 Å². The lowest BCUT2D eigenvalue weighted by Gasteiger charge is -2.17. The monoisotopic (exact) mass is 710 g/mol. The molecule has 16 heteroatoms. The molecular weight excluding hydrogens is 679 g/mol. The van der Waals surface area contributed by atoms with Crippen molar-refractivity contribution in [2.24, 2.45) is 0 Å². The summed E-state index contributed by atoms with van der Waals surface area (Å²) in [5, 5.41) is 10.3. The van der Waals surface area contributed by atoms with Gasteiger partial charge in [0, 0.05) is 24.0 Å². The number of para-hydroxylation sites is 2. The molecule has 6 rings (SSSR count). The highest BCUT2D eigenvalue weighted by molar-refractivity contribution is 5.34. The maximum atomic E-state index is 8.49. The van der Waals surface area contributed by atoms with Gasteiger partial charge in [-0.05, 0) is 62.4 Å². The first-order valence-corrected chi connectivity index (χ1v) is 17.0. The summed E-state index contributed by atoms with van der Waals surface area (Å²) in [5.74, 6) is 3.89. The molecule has 0 aliphatic rings. The van der Waals surface area contributed by atoms with E-state index in [0.717, 1.165) is 46.0 Å². The third-order valence-electron chi connectivity index (χ3n) is 7.11. The van der Waals surface area contributed by atoms with Crippen LogP contribution in [-0.4, -0.2) is 19.6 Å². The van der Waals surface area contributed by atoms with Crippen molar-refractivity contribution in [2.45, 2.75) is 34.1 Å². The van der Waals surface area contributed by atoms with E-state index in [4.69, 9.17) is 47.5 Å². The van der Waals surface area contributed by atoms with Gasteiger partial charge in [-0.15, -0.1) is 20.5 Å². The first kappa shape index (κ1) is 37.2. The van der Waals surface area contributed by atoms with Gasteiger partial charge in [0.25, 0.3) is 11.6 Å². The van der Waals surface area contributed by atoms with Crippen LogP contribution in [0.2, 0.25) is 0 Å². The van der Waals surface area contributed by atoms with Crippen LogP contribution in [0.3, 0.4) is 0 Å². The lowest BCUT2D eigenvalue weighted by atomic mass is 10.2. The summed E-state index contributed by atoms with van der Waals surface area (Å²) in [4.78, 5) is 0. The van der Waals surface area contributed by atoms with Crippen molar-refractivity contribution in [3.05, 3.63) is 144 Å². The van der Waals surface area contributed by atoms with Gasteiger partial charge in [-0.3, -0.25) is 0 Å². The van der Waals surface area contributed by atoms with E-state index in [2.05, 4.69) is 110 Å². The minimum absolute atomic E-state index is 0.545. The summed E-state index contributed by atoms with van der Waals surface area (Å²) in [5.41, 5.74) is 6.67. The second kappa shape index (κ2) is 15.8. The molecule has 0 fully saturated rings. The van der Waals surface area contributed by atoms with Gasteiger partial charge in [-0.2, -0.15) is 9.13 Å². The fourth-order valence-corrected chi connectivity index (χ4v) is 5.09. The van der Waals surface area contributed by atoms with Gasteiger partial charge in [-0.25, -0.2) is 37.3 Å². The Morgan fingerprint density at radius 2 is 0.755 bits per heavy atom. The Hall–Kier alpha value is -4.58. The van der Waals surface area contributed by atoms with Crippen LogP contribution < -0.4 is 46.4 Å². The first-order valence-electron chi connectivity index (χ1n) is 14.5. The van der Waals surface area contributed by atoms with Gasteiger partial charge >= 0.3 is 0 Å². The Bertz CT molecular complexity index is 1800. The SMILES string of the molecule is Cc1ccc(-[n+]2c(Cc3nn(-c4ccccc4)c(C)[n+]3-c3ccc(C)cc3)nn(-c3ccccc3)c2C)cc1.[O-][Cl+3]([O-])([O-])[O-].[O-][Cl+3]([O-])([O-])[O-]. The molecule has 0 aliphatic heterocycles. The van der Waals surface area contributed by atoms with Crippen LogP contribution in [0, 0.1) is 48.2 Å². The smallest absolute Gasteiger partial charge is 0.222 e. The fraction of sp³-hybridized carbons (Fsp3) is 0.152. The normalized spacial score (nSPS) is 11.3. The molecule has 0 saturated carbocycles. The van der Waals surface area contributed by atoms with Crippen LogP contribution in [0.5, 0.6) is 0 Å². The molecule has 14 nitrogen and oxygen atoms in total. The molecule has 4 aromatic carbocycles. The van der Waals surface area contributed by atoms with Gasteiger partial charge in [0.05, 0.1) is 0 Å². The standard InChI is InChI=1S/C33H32N6.2ClHO4/c1-24-15-19-28(20-16-24)36-26(3)38(30-11-7-5-8-12-30)34-32(36)23-33-35-39(31-13-9-6-10-14-31)27(4)37(33)29-21-17-25(2)18-22-29;2*2-1(3,4)5/h5-22H,23H2,1-4H3;2*(H,2,3,4,5)/q+2;;/p-2. The third-order valence-corrected chi connectivity index (χ3v) is 7.11. The minimum Gasteiger partial charge on any atom is -0.222 e. The maximum absolute atomic E-state index is 8.49. The number of benzene rings is 4. The van der Waals surface area contributed by atoms with Crippen molar-refractivity contribution in [3.8, 4) is 22.7 Å². The molecule has 0 radical (unpaired) electrons. The van der Waals surface area contributed by atoms with Crippen LogP contribution in [0.15, 0.2) is 109 Å². The molecule has 0 bridgehead atoms. The molecule has 2 heterocycles. The quantitative estimate of drug-likeness (QED) is 0.152. The highest BCUT2D eigenvalue weighted by Gasteiger charge is 2.32. The number of hydrogen-bond acceptors (Lipinski definition) is 10. The zero-order valence-corrected chi connectivity index (χ0v) is 28.3. The maximum Gasteiger partial charge on any atom is 0.293 e. The molecule has 256 valence electrons. The summed E-state index contributed by atoms with van der Waals surface area (Å²) in [6.45, 7) is 8.45. The first-order chi connectivity index (χ1) is 23.0. The van der Waals surface area contributed by atoms with Crippen LogP contribution in [-0.2, 0) is 6.42 Å². The Morgan fingerprint density at radius 3 is 1.04 bits per heavy atom. The third kappa shape index (κ3) is 10.7. The van der Waals surface area contributed by atoms with E-state index in [1.165, 1.54) is 11.1 Å². The summed E-state index contributed by atoms with van der Waals surface area (Å²) in [7, 11) is -9.89. The lowest BCUT2D eigenvalue weighted by molar-refractivity contribution is -2.00. The van der Waals surface area contributed by atoms with E-state index >= 15 is 0 Å². The predicted octanol–water partition coefficient (Wildman–Crippen LogP) is -4.08. The number of aryl methyl sites for hydroxylation is 2. The average molecular weight is 712 g/mol. The van der Waals surface area contributed by atoms with Gasteiger partial charge < -0.3 is 0 Å². The highest BCUT2D eigenvalue weighted by Crippen LogP contribution is 2.16. The van der Waals surface area contributed by atoms with Gasteiger partial charge in [0.1, 0.15) is 29.2 Å². The van der Waals surface area contributed by atoms with Crippen molar-refractivity contribution in [1.29, 1.82) is 0 Å². The van der Waals surface area contributed by atoms with E-state index in [-0.39, 0.29) is 0 Å². The highest BCUT2D eigenvalue weighted by atomic mass is 35.7. The van der Waals surface area contributed by atoms with Crippen LogP contribution >= 0.6 is 0 Å². The Morgan fingerprint density at radius 1 is 0.469 bits per heavy atom. The molecule has 49 heavy (non-hydrogen) atoms. The fourth-order valence-electron chi connectivity index (χ4n) is 5.09. The Balaban J connectivity index is 0.000000477. The molecule has 0 unspecified atom stereocenters. The zero-order valence-electron chi connectivity index (χ0n) is 26.8. The van der Waals surface area contributed by atoms with Gasteiger partial charge in [0.15, 0.2) is 0 Å². The van der Waals surface area contributed by atoms with E-state index in [0.29, 0.717) is 6.42 Å². The minimum atomic E-state index is -4.94. The second-order valence-corrected chi connectivity index (χ2v) is 12.2. The number of nitrogens with zero attached hydrogens (tertiary/aromatic N) is 6. The molecule has 0 N–H and O–H groups in total. The largest absolute Gasteiger partial charge is 0.293 e. The topological polar surface area (TPSA) is 228 Å². The molecule has 0 amide bonds. The lowest BCUT2D eigenvalue weighted by Crippen LogP contribution is -2.68. The Kier molecular flexibility index (Phi) is 12.0. The molecule has 2 aromatic heterocycles. The van der Waals surface area contributed by atoms with Crippen molar-refractivity contribution >= 4 is 0 Å². The molecule has 0 spiro atoms. The van der Waals surface area contributed by atoms with Gasteiger partial charge in [-0.1, -0.05) is 81.2 Å². The number of aromatic nitrogens is 6. The molecular formula is C33H32Cl2N6O8. The summed E-state index contributed by atoms with van der Waals surface area (Å²) in [6, 6.07) is 37.8. The van der Waals surface area contributed by atoms with Crippen LogP contribution in [0.4, 0.5) is 0 Å². The van der Waals surface area contributed by atoms with E-state index in [9.17, 15) is 0 Å². The van der Waals surface area contributed by atoms with Crippen molar-refractivity contribution in [2.75, 3.05) is 0 Å². The average Bonchev–Trinajstić information content (AvgIpc) is 3.53. The van der Waals surface area contributed by atoms with Crippen molar-refractivity contribution < 1.29 is 66.9 Å². The molecule has 0 saturated heterocycles. The number of hydrogen-bond donors (Lipinski definition) is 0. The van der Waals surface area contributed by atoms with E-state index in [1.807, 2.05) is 45.8 Å². The summed E-state index contributed by atoms with van der Waals surface area (Å²) < 4.78 is 76.5. The van der Waals surface area contributed by atoms with Crippen LogP contribution in [0.25, 0.3) is 22.7 Å². The van der Waals surface area contributed by atoms with E-state index < -0.39 is 20.5 Å². The van der Waals surface area contributed by atoms with Crippen molar-refractivity contribution in [1.82, 2.24) is 19.6 Å². The van der Waals surface area contributed by atoms with Gasteiger partial charge in [0.2, 0.25) is 11.6 Å². The number of halogens is 2.